The number of thiophene rings is 1. The van der Waals surface area contributed by atoms with Crippen molar-refractivity contribution in [2.75, 3.05) is 0 Å². The predicted molar refractivity (Wildman–Crippen MR) is 43.5 cm³/mol. The van der Waals surface area contributed by atoms with Crippen LogP contribution in [0.3, 0.4) is 0 Å². The highest BCUT2D eigenvalue weighted by Crippen LogP contribution is 2.24. The van der Waals surface area contributed by atoms with Crippen LogP contribution in [0.15, 0.2) is 21.9 Å². The third-order valence-corrected chi connectivity index (χ3v) is 2.35. The van der Waals surface area contributed by atoms with Crippen LogP contribution in [-0.4, -0.2) is 0 Å². The van der Waals surface area contributed by atoms with Crippen molar-refractivity contribution in [2.45, 2.75) is 13.3 Å². The summed E-state index contributed by atoms with van der Waals surface area (Å²) in [6, 6.07) is 4.19. The summed E-state index contributed by atoms with van der Waals surface area (Å²) in [6.45, 7) is 2.10. The largest absolute Gasteiger partial charge is 0.450 e. The average molecular weight is 152 g/mol. The summed E-state index contributed by atoms with van der Waals surface area (Å²) < 4.78 is 5.48. The summed E-state index contributed by atoms with van der Waals surface area (Å²) in [7, 11) is 0. The summed E-state index contributed by atoms with van der Waals surface area (Å²) in [4.78, 5) is 1.05. The van der Waals surface area contributed by atoms with Gasteiger partial charge in [-0.05, 0) is 17.5 Å². The maximum Gasteiger partial charge on any atom is 0.187 e. The lowest BCUT2D eigenvalue weighted by atomic mass is 10.3. The summed E-state index contributed by atoms with van der Waals surface area (Å²) in [5.74, 6) is 1.09. The standard InChI is InChI=1S/C8H8OS/c1-2-7-5-6-3-4-10-8(6)9-7/h3-5H,2H2,1H3. The van der Waals surface area contributed by atoms with Crippen LogP contribution in [0.25, 0.3) is 10.3 Å². The second-order valence-corrected chi connectivity index (χ2v) is 3.11. The van der Waals surface area contributed by atoms with E-state index in [1.165, 1.54) is 5.39 Å². The second kappa shape index (κ2) is 2.13. The molecule has 2 aromatic rings. The molecule has 0 aliphatic carbocycles. The maximum atomic E-state index is 5.48. The molecule has 0 N–H and O–H groups in total. The predicted octanol–water partition coefficient (Wildman–Crippen LogP) is 3.06. The number of aryl methyl sites for hydroxylation is 1. The zero-order valence-corrected chi connectivity index (χ0v) is 6.57. The van der Waals surface area contributed by atoms with E-state index in [4.69, 9.17) is 4.42 Å². The number of hydrogen-bond donors (Lipinski definition) is 0. The number of hydrogen-bond acceptors (Lipinski definition) is 2. The van der Waals surface area contributed by atoms with Gasteiger partial charge >= 0.3 is 0 Å². The minimum atomic E-state index is 0.988. The van der Waals surface area contributed by atoms with E-state index in [0.29, 0.717) is 0 Å². The number of rotatable bonds is 1. The zero-order chi connectivity index (χ0) is 6.97. The molecule has 2 heterocycles. The summed E-state index contributed by atoms with van der Waals surface area (Å²) in [5.41, 5.74) is 0. The Bertz CT molecular complexity index is 303. The van der Waals surface area contributed by atoms with Crippen molar-refractivity contribution in [1.82, 2.24) is 0 Å². The third-order valence-electron chi connectivity index (χ3n) is 1.55. The molecule has 0 aliphatic rings. The normalized spacial score (nSPS) is 10.9. The molecule has 0 bridgehead atoms. The first-order valence-corrected chi connectivity index (χ1v) is 4.24. The highest BCUT2D eigenvalue weighted by Gasteiger charge is 2.00. The van der Waals surface area contributed by atoms with Crippen LogP contribution >= 0.6 is 11.3 Å². The van der Waals surface area contributed by atoms with Crippen LogP contribution in [0.2, 0.25) is 0 Å². The van der Waals surface area contributed by atoms with Gasteiger partial charge in [-0.25, -0.2) is 0 Å². The molecule has 0 radical (unpaired) electrons. The SMILES string of the molecule is CCc1cc2ccsc2o1. The maximum absolute atomic E-state index is 5.48. The molecule has 10 heavy (non-hydrogen) atoms. The molecule has 2 rings (SSSR count). The Morgan fingerprint density at radius 2 is 2.50 bits per heavy atom. The molecule has 2 heteroatoms. The van der Waals surface area contributed by atoms with Crippen LogP contribution in [0.1, 0.15) is 12.7 Å². The van der Waals surface area contributed by atoms with Gasteiger partial charge in [0, 0.05) is 11.8 Å². The molecule has 1 nitrogen and oxygen atoms in total. The van der Waals surface area contributed by atoms with Gasteiger partial charge in [-0.1, -0.05) is 6.92 Å². The molecular weight excluding hydrogens is 144 g/mol. The Labute approximate surface area is 63.3 Å². The summed E-state index contributed by atoms with van der Waals surface area (Å²) in [6.07, 6.45) is 0.988. The topological polar surface area (TPSA) is 13.1 Å². The van der Waals surface area contributed by atoms with E-state index in [0.717, 1.165) is 17.1 Å². The molecule has 0 unspecified atom stereocenters. The smallest absolute Gasteiger partial charge is 0.187 e. The van der Waals surface area contributed by atoms with Crippen LogP contribution in [0, 0.1) is 0 Å². The Kier molecular flexibility index (Phi) is 1.27. The molecule has 0 saturated carbocycles. The Morgan fingerprint density at radius 1 is 1.60 bits per heavy atom. The van der Waals surface area contributed by atoms with E-state index in [1.54, 1.807) is 11.3 Å². The van der Waals surface area contributed by atoms with E-state index < -0.39 is 0 Å². The highest BCUT2D eigenvalue weighted by molar-refractivity contribution is 7.16. The van der Waals surface area contributed by atoms with Gasteiger partial charge in [0.15, 0.2) is 4.90 Å². The molecule has 2 aromatic heterocycles. The lowest BCUT2D eigenvalue weighted by Crippen LogP contribution is -1.67. The second-order valence-electron chi connectivity index (χ2n) is 2.23. The average Bonchev–Trinajstić information content (AvgIpc) is 2.42. The van der Waals surface area contributed by atoms with Gasteiger partial charge in [-0.3, -0.25) is 0 Å². The Balaban J connectivity index is 2.67. The van der Waals surface area contributed by atoms with Gasteiger partial charge in [-0.15, -0.1) is 11.3 Å². The van der Waals surface area contributed by atoms with E-state index in [9.17, 15) is 0 Å². The number of fused-ring (bicyclic) bond motifs is 1. The van der Waals surface area contributed by atoms with Gasteiger partial charge in [0.25, 0.3) is 0 Å². The summed E-state index contributed by atoms with van der Waals surface area (Å²) in [5, 5.41) is 3.29. The van der Waals surface area contributed by atoms with E-state index in [1.807, 2.05) is 5.38 Å². The van der Waals surface area contributed by atoms with E-state index in [2.05, 4.69) is 19.1 Å². The van der Waals surface area contributed by atoms with Crippen molar-refractivity contribution < 1.29 is 4.42 Å². The van der Waals surface area contributed by atoms with Gasteiger partial charge in [-0.2, -0.15) is 0 Å². The molecule has 0 atom stereocenters. The minimum Gasteiger partial charge on any atom is -0.450 e. The molecule has 0 aliphatic heterocycles. The lowest BCUT2D eigenvalue weighted by molar-refractivity contribution is 0.563. The molecule has 0 spiro atoms. The van der Waals surface area contributed by atoms with Gasteiger partial charge in [0.1, 0.15) is 5.76 Å². The van der Waals surface area contributed by atoms with Crippen molar-refractivity contribution in [3.05, 3.63) is 23.3 Å². The lowest BCUT2D eigenvalue weighted by Gasteiger charge is -1.81. The Morgan fingerprint density at radius 3 is 3.20 bits per heavy atom. The van der Waals surface area contributed by atoms with E-state index in [-0.39, 0.29) is 0 Å². The van der Waals surface area contributed by atoms with Crippen molar-refractivity contribution in [3.63, 3.8) is 0 Å². The Hall–Kier alpha value is -0.760. The van der Waals surface area contributed by atoms with Crippen molar-refractivity contribution in [1.29, 1.82) is 0 Å². The van der Waals surface area contributed by atoms with Gasteiger partial charge in [0.2, 0.25) is 0 Å². The third kappa shape index (κ3) is 0.762. The summed E-state index contributed by atoms with van der Waals surface area (Å²) >= 11 is 1.66. The van der Waals surface area contributed by atoms with Crippen LogP contribution < -0.4 is 0 Å². The quantitative estimate of drug-likeness (QED) is 0.612. The zero-order valence-electron chi connectivity index (χ0n) is 5.76. The first kappa shape index (κ1) is 5.98. The fourth-order valence-corrected chi connectivity index (χ4v) is 1.75. The van der Waals surface area contributed by atoms with Crippen LogP contribution in [-0.2, 0) is 6.42 Å². The molecule has 0 saturated heterocycles. The molecule has 0 fully saturated rings. The number of furan rings is 1. The molecular formula is C8H8OS. The first-order valence-electron chi connectivity index (χ1n) is 3.36. The van der Waals surface area contributed by atoms with Crippen LogP contribution in [0.4, 0.5) is 0 Å². The van der Waals surface area contributed by atoms with Crippen LogP contribution in [0.5, 0.6) is 0 Å². The van der Waals surface area contributed by atoms with Crippen molar-refractivity contribution in [2.24, 2.45) is 0 Å². The van der Waals surface area contributed by atoms with Gasteiger partial charge < -0.3 is 4.42 Å². The first-order chi connectivity index (χ1) is 4.90. The monoisotopic (exact) mass is 152 g/mol. The van der Waals surface area contributed by atoms with Gasteiger partial charge in [0.05, 0.1) is 0 Å². The van der Waals surface area contributed by atoms with E-state index >= 15 is 0 Å². The van der Waals surface area contributed by atoms with Crippen molar-refractivity contribution >= 4 is 21.6 Å². The molecule has 0 aromatic carbocycles. The molecule has 0 amide bonds. The molecule has 52 valence electrons. The highest BCUT2D eigenvalue weighted by atomic mass is 32.1. The minimum absolute atomic E-state index is 0.988. The fourth-order valence-electron chi connectivity index (χ4n) is 0.991. The van der Waals surface area contributed by atoms with Crippen molar-refractivity contribution in [3.8, 4) is 0 Å². The fraction of sp³-hybridized carbons (Fsp3) is 0.250.